The fraction of sp³-hybridized carbons (Fsp3) is 0.750. The van der Waals surface area contributed by atoms with Crippen molar-refractivity contribution in [2.24, 2.45) is 0 Å². The number of nitrogens with zero attached hydrogens (tertiary/aromatic N) is 5. The van der Waals surface area contributed by atoms with Crippen molar-refractivity contribution in [2.45, 2.75) is 58.0 Å². The molecule has 0 spiro atoms. The number of hydrogen-bond acceptors (Lipinski definition) is 8. The molecule has 8 nitrogen and oxygen atoms in total. The van der Waals surface area contributed by atoms with Gasteiger partial charge in [0.25, 0.3) is 0 Å². The molecule has 2 aromatic heterocycles. The minimum atomic E-state index is 0.119. The fourth-order valence-corrected chi connectivity index (χ4v) is 2.90. The standard InChI is InChI=1S/C16H25N5O3/c1-11(2)15-18-16(24-20-15)12-6-4-5-8-21(12)10-14-17-13(19-23-14)7-9-22-3/h11-12H,4-10H2,1-3H3/t12-/m1/s1. The lowest BCUT2D eigenvalue weighted by Crippen LogP contribution is -2.33. The van der Waals surface area contributed by atoms with Crippen molar-refractivity contribution in [3.8, 4) is 0 Å². The molecular weight excluding hydrogens is 310 g/mol. The molecule has 1 atom stereocenters. The maximum atomic E-state index is 5.51. The lowest BCUT2D eigenvalue weighted by Gasteiger charge is -2.31. The van der Waals surface area contributed by atoms with Crippen LogP contribution in [0.3, 0.4) is 0 Å². The first-order chi connectivity index (χ1) is 11.7. The Kier molecular flexibility index (Phi) is 5.57. The van der Waals surface area contributed by atoms with Gasteiger partial charge in [-0.05, 0) is 19.4 Å². The zero-order valence-corrected chi connectivity index (χ0v) is 14.6. The molecule has 1 aliphatic rings. The number of rotatable bonds is 7. The van der Waals surface area contributed by atoms with Crippen molar-refractivity contribution in [3.05, 3.63) is 23.4 Å². The number of likely N-dealkylation sites (tertiary alicyclic amines) is 1. The lowest BCUT2D eigenvalue weighted by molar-refractivity contribution is 0.0985. The third-order valence-electron chi connectivity index (χ3n) is 4.25. The van der Waals surface area contributed by atoms with Crippen LogP contribution in [0, 0.1) is 0 Å². The van der Waals surface area contributed by atoms with E-state index >= 15 is 0 Å². The van der Waals surface area contributed by atoms with E-state index in [1.165, 1.54) is 0 Å². The Labute approximate surface area is 141 Å². The predicted octanol–water partition coefficient (Wildman–Crippen LogP) is 2.49. The summed E-state index contributed by atoms with van der Waals surface area (Å²) in [7, 11) is 1.66. The van der Waals surface area contributed by atoms with Gasteiger partial charge in [-0.2, -0.15) is 9.97 Å². The molecule has 3 heterocycles. The first kappa shape index (κ1) is 17.0. The molecule has 2 aromatic rings. The van der Waals surface area contributed by atoms with Crippen LogP contribution in [0.15, 0.2) is 9.05 Å². The minimum absolute atomic E-state index is 0.119. The third kappa shape index (κ3) is 3.99. The summed E-state index contributed by atoms with van der Waals surface area (Å²) >= 11 is 0. The van der Waals surface area contributed by atoms with Crippen molar-refractivity contribution in [1.29, 1.82) is 0 Å². The van der Waals surface area contributed by atoms with Crippen molar-refractivity contribution in [2.75, 3.05) is 20.3 Å². The molecular formula is C16H25N5O3. The molecule has 0 aliphatic carbocycles. The fourth-order valence-electron chi connectivity index (χ4n) is 2.90. The van der Waals surface area contributed by atoms with E-state index in [1.54, 1.807) is 7.11 Å². The van der Waals surface area contributed by atoms with Gasteiger partial charge in [0.15, 0.2) is 11.6 Å². The van der Waals surface area contributed by atoms with Gasteiger partial charge in [0.05, 0.1) is 19.2 Å². The zero-order valence-electron chi connectivity index (χ0n) is 14.6. The van der Waals surface area contributed by atoms with Crippen LogP contribution >= 0.6 is 0 Å². The SMILES string of the molecule is COCCc1noc(CN2CCCC[C@@H]2c2nc(C(C)C)no2)n1. The second kappa shape index (κ2) is 7.85. The Morgan fingerprint density at radius 3 is 2.83 bits per heavy atom. The molecule has 1 fully saturated rings. The van der Waals surface area contributed by atoms with E-state index in [0.717, 1.165) is 31.6 Å². The highest BCUT2D eigenvalue weighted by Gasteiger charge is 2.30. The monoisotopic (exact) mass is 335 g/mol. The van der Waals surface area contributed by atoms with Crippen LogP contribution < -0.4 is 0 Å². The van der Waals surface area contributed by atoms with E-state index < -0.39 is 0 Å². The average molecular weight is 335 g/mol. The zero-order chi connectivity index (χ0) is 16.9. The van der Waals surface area contributed by atoms with Crippen LogP contribution in [0.1, 0.15) is 68.5 Å². The highest BCUT2D eigenvalue weighted by molar-refractivity contribution is 4.99. The normalized spacial score (nSPS) is 19.2. The van der Waals surface area contributed by atoms with Crippen LogP contribution in [0.5, 0.6) is 0 Å². The van der Waals surface area contributed by atoms with Gasteiger partial charge in [0.1, 0.15) is 0 Å². The molecule has 1 aliphatic heterocycles. The van der Waals surface area contributed by atoms with E-state index in [2.05, 4.69) is 39.0 Å². The molecule has 1 saturated heterocycles. The van der Waals surface area contributed by atoms with Crippen molar-refractivity contribution < 1.29 is 13.8 Å². The Morgan fingerprint density at radius 1 is 1.21 bits per heavy atom. The molecule has 0 bridgehead atoms. The molecule has 0 N–H and O–H groups in total. The van der Waals surface area contributed by atoms with Crippen molar-refractivity contribution >= 4 is 0 Å². The summed E-state index contributed by atoms with van der Waals surface area (Å²) in [5, 5.41) is 8.09. The van der Waals surface area contributed by atoms with Crippen molar-refractivity contribution in [1.82, 2.24) is 25.2 Å². The Morgan fingerprint density at radius 2 is 2.08 bits per heavy atom. The van der Waals surface area contributed by atoms with Crippen LogP contribution in [-0.4, -0.2) is 45.4 Å². The second-order valence-electron chi connectivity index (χ2n) is 6.47. The van der Waals surface area contributed by atoms with Gasteiger partial charge in [0, 0.05) is 19.4 Å². The van der Waals surface area contributed by atoms with E-state index in [4.69, 9.17) is 13.8 Å². The Hall–Kier alpha value is -1.80. The average Bonchev–Trinajstić information content (AvgIpc) is 3.23. The molecule has 0 radical (unpaired) electrons. The first-order valence-electron chi connectivity index (χ1n) is 8.55. The largest absolute Gasteiger partial charge is 0.384 e. The van der Waals surface area contributed by atoms with Gasteiger partial charge in [-0.15, -0.1) is 0 Å². The highest BCUT2D eigenvalue weighted by atomic mass is 16.5. The van der Waals surface area contributed by atoms with Gasteiger partial charge in [0.2, 0.25) is 11.8 Å². The van der Waals surface area contributed by atoms with Gasteiger partial charge in [-0.25, -0.2) is 0 Å². The summed E-state index contributed by atoms with van der Waals surface area (Å²) < 4.78 is 15.9. The Balaban J connectivity index is 1.68. The van der Waals surface area contributed by atoms with E-state index in [-0.39, 0.29) is 12.0 Å². The molecule has 132 valence electrons. The van der Waals surface area contributed by atoms with Gasteiger partial charge in [-0.1, -0.05) is 30.6 Å². The highest BCUT2D eigenvalue weighted by Crippen LogP contribution is 2.31. The van der Waals surface area contributed by atoms with Crippen LogP contribution in [-0.2, 0) is 17.7 Å². The molecule has 0 unspecified atom stereocenters. The molecule has 0 saturated carbocycles. The number of methoxy groups -OCH3 is 1. The topological polar surface area (TPSA) is 90.3 Å². The molecule has 24 heavy (non-hydrogen) atoms. The Bertz CT molecular complexity index is 639. The second-order valence-corrected chi connectivity index (χ2v) is 6.47. The quantitative estimate of drug-likeness (QED) is 0.762. The number of piperidine rings is 1. The number of ether oxygens (including phenoxy) is 1. The van der Waals surface area contributed by atoms with E-state index in [9.17, 15) is 0 Å². The number of hydrogen-bond donors (Lipinski definition) is 0. The van der Waals surface area contributed by atoms with Crippen LogP contribution in [0.25, 0.3) is 0 Å². The summed E-state index contributed by atoms with van der Waals surface area (Å²) in [5.41, 5.74) is 0. The minimum Gasteiger partial charge on any atom is -0.384 e. The van der Waals surface area contributed by atoms with Crippen LogP contribution in [0.2, 0.25) is 0 Å². The third-order valence-corrected chi connectivity index (χ3v) is 4.25. The van der Waals surface area contributed by atoms with E-state index in [0.29, 0.717) is 37.2 Å². The lowest BCUT2D eigenvalue weighted by atomic mass is 10.0. The first-order valence-corrected chi connectivity index (χ1v) is 8.55. The molecule has 3 rings (SSSR count). The smallest absolute Gasteiger partial charge is 0.244 e. The van der Waals surface area contributed by atoms with Gasteiger partial charge < -0.3 is 13.8 Å². The summed E-state index contributed by atoms with van der Waals surface area (Å²) in [5.74, 6) is 3.02. The van der Waals surface area contributed by atoms with Crippen molar-refractivity contribution in [3.63, 3.8) is 0 Å². The molecule has 8 heteroatoms. The summed E-state index contributed by atoms with van der Waals surface area (Å²) in [6.07, 6.45) is 3.96. The summed E-state index contributed by atoms with van der Waals surface area (Å²) in [4.78, 5) is 11.3. The molecule has 0 aromatic carbocycles. The summed E-state index contributed by atoms with van der Waals surface area (Å²) in [6, 6.07) is 0.119. The van der Waals surface area contributed by atoms with Gasteiger partial charge in [-0.3, -0.25) is 4.90 Å². The molecule has 0 amide bonds. The maximum absolute atomic E-state index is 5.51. The van der Waals surface area contributed by atoms with E-state index in [1.807, 2.05) is 0 Å². The van der Waals surface area contributed by atoms with Crippen LogP contribution in [0.4, 0.5) is 0 Å². The maximum Gasteiger partial charge on any atom is 0.244 e. The number of aromatic nitrogens is 4. The van der Waals surface area contributed by atoms with Gasteiger partial charge >= 0.3 is 0 Å². The summed E-state index contributed by atoms with van der Waals surface area (Å²) in [6.45, 7) is 6.27. The predicted molar refractivity (Wildman–Crippen MR) is 85.3 cm³/mol.